The topological polar surface area (TPSA) is 84.1 Å². The molecule has 0 radical (unpaired) electrons. The molecule has 2 N–H and O–H groups in total. The van der Waals surface area contributed by atoms with Crippen molar-refractivity contribution in [3.63, 3.8) is 0 Å². The number of hydrogen-bond acceptors (Lipinski definition) is 4. The second kappa shape index (κ2) is 2.55. The Bertz CT molecular complexity index is 312. The van der Waals surface area contributed by atoms with Crippen LogP contribution in [0.1, 0.15) is 19.8 Å². The SMILES string of the molecule is CC12CCC(O1)C1C(=O)OC(=O)C12.O. The molecule has 0 saturated carbocycles. The van der Waals surface area contributed by atoms with Gasteiger partial charge in [0.05, 0.1) is 17.6 Å². The molecule has 0 aliphatic carbocycles. The van der Waals surface area contributed by atoms with Gasteiger partial charge < -0.3 is 14.9 Å². The molecular formula is C9H12O5. The van der Waals surface area contributed by atoms with Gasteiger partial charge in [-0.05, 0) is 19.8 Å². The highest BCUT2D eigenvalue weighted by Crippen LogP contribution is 2.54. The van der Waals surface area contributed by atoms with Gasteiger partial charge in [-0.3, -0.25) is 9.59 Å². The van der Waals surface area contributed by atoms with Crippen LogP contribution in [0.4, 0.5) is 0 Å². The highest BCUT2D eigenvalue weighted by molar-refractivity contribution is 5.98. The van der Waals surface area contributed by atoms with Crippen molar-refractivity contribution in [2.75, 3.05) is 0 Å². The van der Waals surface area contributed by atoms with Gasteiger partial charge in [0, 0.05) is 0 Å². The summed E-state index contributed by atoms with van der Waals surface area (Å²) in [7, 11) is 0. The number of ether oxygens (including phenoxy) is 2. The molecule has 2 bridgehead atoms. The first kappa shape index (κ1) is 9.61. The lowest BCUT2D eigenvalue weighted by molar-refractivity contribution is -0.158. The predicted octanol–water partition coefficient (Wildman–Crippen LogP) is -0.571. The van der Waals surface area contributed by atoms with Gasteiger partial charge in [-0.25, -0.2) is 0 Å². The Balaban J connectivity index is 0.000000750. The highest BCUT2D eigenvalue weighted by atomic mass is 16.6. The van der Waals surface area contributed by atoms with Crippen LogP contribution in [0.25, 0.3) is 0 Å². The molecular weight excluding hydrogens is 188 g/mol. The van der Waals surface area contributed by atoms with Crippen LogP contribution in [-0.4, -0.2) is 29.1 Å². The van der Waals surface area contributed by atoms with Gasteiger partial charge in [0.15, 0.2) is 0 Å². The minimum Gasteiger partial charge on any atom is -0.412 e. The van der Waals surface area contributed by atoms with Crippen molar-refractivity contribution >= 4 is 11.9 Å². The quantitative estimate of drug-likeness (QED) is 0.387. The molecule has 5 heteroatoms. The van der Waals surface area contributed by atoms with Gasteiger partial charge in [0.25, 0.3) is 0 Å². The number of carbonyl (C=O) groups is 2. The molecule has 3 aliphatic rings. The van der Waals surface area contributed by atoms with Crippen LogP contribution in [0.3, 0.4) is 0 Å². The largest absolute Gasteiger partial charge is 0.412 e. The molecule has 0 aromatic rings. The van der Waals surface area contributed by atoms with Crippen LogP contribution in [0.15, 0.2) is 0 Å². The third-order valence-electron chi connectivity index (χ3n) is 3.49. The van der Waals surface area contributed by atoms with Crippen molar-refractivity contribution in [1.29, 1.82) is 0 Å². The zero-order valence-corrected chi connectivity index (χ0v) is 7.78. The molecule has 3 saturated heterocycles. The van der Waals surface area contributed by atoms with Crippen LogP contribution in [0, 0.1) is 11.8 Å². The molecule has 5 nitrogen and oxygen atoms in total. The fourth-order valence-electron chi connectivity index (χ4n) is 2.88. The summed E-state index contributed by atoms with van der Waals surface area (Å²) in [6.45, 7) is 1.90. The number of carbonyl (C=O) groups excluding carboxylic acids is 2. The van der Waals surface area contributed by atoms with E-state index < -0.39 is 5.60 Å². The smallest absolute Gasteiger partial charge is 0.320 e. The van der Waals surface area contributed by atoms with E-state index in [0.29, 0.717) is 0 Å². The molecule has 0 amide bonds. The van der Waals surface area contributed by atoms with E-state index in [0.717, 1.165) is 12.8 Å². The van der Waals surface area contributed by atoms with E-state index in [1.165, 1.54) is 0 Å². The molecule has 0 aromatic carbocycles. The van der Waals surface area contributed by atoms with Crippen molar-refractivity contribution in [3.05, 3.63) is 0 Å². The maximum absolute atomic E-state index is 11.3. The Morgan fingerprint density at radius 1 is 1.36 bits per heavy atom. The maximum atomic E-state index is 11.3. The van der Waals surface area contributed by atoms with Crippen LogP contribution in [-0.2, 0) is 19.1 Å². The fourth-order valence-corrected chi connectivity index (χ4v) is 2.88. The van der Waals surface area contributed by atoms with Crippen LogP contribution in [0.5, 0.6) is 0 Å². The summed E-state index contributed by atoms with van der Waals surface area (Å²) in [5.74, 6) is -1.42. The lowest BCUT2D eigenvalue weighted by Crippen LogP contribution is -2.37. The molecule has 4 unspecified atom stereocenters. The second-order valence-electron chi connectivity index (χ2n) is 4.25. The van der Waals surface area contributed by atoms with Crippen molar-refractivity contribution in [1.82, 2.24) is 0 Å². The zero-order chi connectivity index (χ0) is 9.22. The minimum atomic E-state index is -0.432. The summed E-state index contributed by atoms with van der Waals surface area (Å²) in [5, 5.41) is 0. The molecule has 0 aromatic heterocycles. The molecule has 3 rings (SSSR count). The average Bonchev–Trinajstić information content (AvgIpc) is 2.62. The summed E-state index contributed by atoms with van der Waals surface area (Å²) >= 11 is 0. The van der Waals surface area contributed by atoms with Gasteiger partial charge >= 0.3 is 11.9 Å². The Hall–Kier alpha value is -0.940. The molecule has 3 aliphatic heterocycles. The summed E-state index contributed by atoms with van der Waals surface area (Å²) in [4.78, 5) is 22.6. The van der Waals surface area contributed by atoms with E-state index in [1.807, 2.05) is 6.92 Å². The second-order valence-corrected chi connectivity index (χ2v) is 4.25. The predicted molar refractivity (Wildman–Crippen MR) is 44.2 cm³/mol. The first-order valence-corrected chi connectivity index (χ1v) is 4.55. The number of rotatable bonds is 0. The molecule has 3 heterocycles. The van der Waals surface area contributed by atoms with E-state index in [4.69, 9.17) is 4.74 Å². The molecule has 78 valence electrons. The van der Waals surface area contributed by atoms with Gasteiger partial charge in [-0.15, -0.1) is 0 Å². The Morgan fingerprint density at radius 3 is 2.71 bits per heavy atom. The van der Waals surface area contributed by atoms with Gasteiger partial charge in [0.2, 0.25) is 0 Å². The lowest BCUT2D eigenvalue weighted by Gasteiger charge is -2.24. The first-order valence-electron chi connectivity index (χ1n) is 4.55. The Labute approximate surface area is 80.7 Å². The van der Waals surface area contributed by atoms with E-state index in [1.54, 1.807) is 0 Å². The fraction of sp³-hybridized carbons (Fsp3) is 0.778. The minimum absolute atomic E-state index is 0. The van der Waals surface area contributed by atoms with Gasteiger partial charge in [-0.2, -0.15) is 0 Å². The Morgan fingerprint density at radius 2 is 2.07 bits per heavy atom. The standard InChI is InChI=1S/C9H10O4.H2O/c1-9-3-2-4(13-9)5-6(9)8(11)12-7(5)10;/h4-6H,2-3H2,1H3;1H2. The van der Waals surface area contributed by atoms with E-state index in [9.17, 15) is 9.59 Å². The van der Waals surface area contributed by atoms with Crippen molar-refractivity contribution in [2.45, 2.75) is 31.5 Å². The lowest BCUT2D eigenvalue weighted by atomic mass is 9.74. The van der Waals surface area contributed by atoms with Crippen molar-refractivity contribution in [3.8, 4) is 0 Å². The molecule has 14 heavy (non-hydrogen) atoms. The molecule has 4 atom stereocenters. The van der Waals surface area contributed by atoms with Gasteiger partial charge in [0.1, 0.15) is 5.92 Å². The molecule has 0 spiro atoms. The average molecular weight is 200 g/mol. The number of fused-ring (bicyclic) bond motifs is 5. The number of esters is 2. The van der Waals surface area contributed by atoms with Crippen molar-refractivity contribution in [2.24, 2.45) is 11.8 Å². The molecule has 3 fully saturated rings. The third kappa shape index (κ3) is 0.861. The summed E-state index contributed by atoms with van der Waals surface area (Å²) in [6.07, 6.45) is 1.66. The summed E-state index contributed by atoms with van der Waals surface area (Å²) < 4.78 is 10.3. The normalized spacial score (nSPS) is 48.8. The van der Waals surface area contributed by atoms with E-state index in [-0.39, 0.29) is 35.4 Å². The number of cyclic esters (lactones) is 2. The van der Waals surface area contributed by atoms with E-state index >= 15 is 0 Å². The monoisotopic (exact) mass is 200 g/mol. The first-order chi connectivity index (χ1) is 6.12. The maximum Gasteiger partial charge on any atom is 0.320 e. The zero-order valence-electron chi connectivity index (χ0n) is 7.78. The summed E-state index contributed by atoms with van der Waals surface area (Å²) in [6, 6.07) is 0. The van der Waals surface area contributed by atoms with Crippen LogP contribution >= 0.6 is 0 Å². The van der Waals surface area contributed by atoms with E-state index in [2.05, 4.69) is 4.74 Å². The van der Waals surface area contributed by atoms with Crippen molar-refractivity contribution < 1.29 is 24.5 Å². The highest BCUT2D eigenvalue weighted by Gasteiger charge is 2.66. The van der Waals surface area contributed by atoms with Crippen LogP contribution in [0.2, 0.25) is 0 Å². The Kier molecular flexibility index (Phi) is 1.75. The number of hydrogen-bond donors (Lipinski definition) is 0. The van der Waals surface area contributed by atoms with Gasteiger partial charge in [-0.1, -0.05) is 0 Å². The van der Waals surface area contributed by atoms with Crippen LogP contribution < -0.4 is 0 Å². The third-order valence-corrected chi connectivity index (χ3v) is 3.49. The summed E-state index contributed by atoms with van der Waals surface area (Å²) in [5.41, 5.74) is -0.432.